The fourth-order valence-electron chi connectivity index (χ4n) is 8.84. The normalized spacial score (nSPS) is 17.2. The summed E-state index contributed by atoms with van der Waals surface area (Å²) in [5.74, 6) is -0.929. The molecule has 0 bridgehead atoms. The van der Waals surface area contributed by atoms with Gasteiger partial charge in [0.25, 0.3) is 11.8 Å². The molecule has 8 rings (SSSR count). The van der Waals surface area contributed by atoms with Crippen LogP contribution in [0.4, 0.5) is 10.1 Å². The highest BCUT2D eigenvalue weighted by molar-refractivity contribution is 6.00. The van der Waals surface area contributed by atoms with Crippen LogP contribution in [0.1, 0.15) is 82.6 Å². The minimum Gasteiger partial charge on any atom is -0.381 e. The van der Waals surface area contributed by atoms with Crippen LogP contribution in [0.2, 0.25) is 0 Å². The maximum atomic E-state index is 15.3. The number of likely N-dealkylation sites (tertiary alicyclic amines) is 1. The van der Waals surface area contributed by atoms with Gasteiger partial charge in [0, 0.05) is 92.5 Å². The van der Waals surface area contributed by atoms with Crippen LogP contribution in [0.5, 0.6) is 0 Å². The molecular formula is C47H57FN8O4. The number of carbonyl (C=O) groups is 2. The second kappa shape index (κ2) is 19.4. The molecule has 5 heterocycles. The lowest BCUT2D eigenvalue weighted by Crippen LogP contribution is -2.48. The minimum atomic E-state index is -0.325. The number of nitrogens with one attached hydrogen (secondary N) is 3. The molecule has 3 aromatic carbocycles. The minimum absolute atomic E-state index is 0.201. The molecule has 2 aromatic heterocycles. The first kappa shape index (κ1) is 41.5. The van der Waals surface area contributed by atoms with Gasteiger partial charge in [-0.05, 0) is 105 Å². The van der Waals surface area contributed by atoms with Crippen molar-refractivity contribution in [3.05, 3.63) is 112 Å². The Balaban J connectivity index is 0.895. The van der Waals surface area contributed by atoms with Crippen molar-refractivity contribution in [1.82, 2.24) is 35.2 Å². The van der Waals surface area contributed by atoms with E-state index in [2.05, 4.69) is 49.9 Å². The summed E-state index contributed by atoms with van der Waals surface area (Å²) >= 11 is 0. The van der Waals surface area contributed by atoms with E-state index in [-0.39, 0.29) is 36.8 Å². The molecule has 316 valence electrons. The highest BCUT2D eigenvalue weighted by Crippen LogP contribution is 2.32. The Morgan fingerprint density at radius 3 is 2.25 bits per heavy atom. The summed E-state index contributed by atoms with van der Waals surface area (Å²) in [5, 5.41) is 15.3. The molecule has 3 saturated heterocycles. The van der Waals surface area contributed by atoms with E-state index in [1.54, 1.807) is 30.3 Å². The number of aromatic nitrogens is 3. The third-order valence-electron chi connectivity index (χ3n) is 12.2. The summed E-state index contributed by atoms with van der Waals surface area (Å²) in [4.78, 5) is 37.1. The van der Waals surface area contributed by atoms with E-state index in [0.717, 1.165) is 116 Å². The van der Waals surface area contributed by atoms with Crippen molar-refractivity contribution in [3.8, 4) is 11.1 Å². The maximum absolute atomic E-state index is 15.3. The van der Waals surface area contributed by atoms with Crippen LogP contribution >= 0.6 is 0 Å². The Bertz CT molecular complexity index is 2280. The molecule has 2 amide bonds. The molecule has 0 unspecified atom stereocenters. The molecule has 0 radical (unpaired) electrons. The zero-order valence-electron chi connectivity index (χ0n) is 34.9. The number of aryl methyl sites for hydroxylation is 2. The lowest BCUT2D eigenvalue weighted by Gasteiger charge is -2.40. The Kier molecular flexibility index (Phi) is 13.5. The van der Waals surface area contributed by atoms with E-state index in [9.17, 15) is 9.59 Å². The molecule has 3 aliphatic heterocycles. The number of fused-ring (bicyclic) bond motifs is 1. The summed E-state index contributed by atoms with van der Waals surface area (Å²) in [7, 11) is 0. The number of hydrogen-bond donors (Lipinski definition) is 3. The smallest absolute Gasteiger partial charge is 0.251 e. The van der Waals surface area contributed by atoms with Crippen LogP contribution in [-0.2, 0) is 42.1 Å². The molecule has 3 fully saturated rings. The molecule has 0 saturated carbocycles. The number of piperidine rings is 1. The number of hydrogen-bond acceptors (Lipinski definition) is 9. The molecule has 12 nitrogen and oxygen atoms in total. The average molecular weight is 817 g/mol. The standard InChI is InChI=1S/C47H57FN8O4/c1-3-43-40(44(52-37-15-21-59-22-16-37)41-30-51-56(4-2)45(41)53-43)29-50-47(58)36-10-6-9-35(27-36)46(57)49-28-32-11-12-42(48)39(26-32)34-8-5-7-33(25-34)31-54-17-13-38(14-18-54)55-19-23-60-24-20-55/h5-12,25-27,30,37-38H,3-4,13-24,28-29,31H2,1-2H3,(H,49,57)(H,50,58)(H,52,53). The van der Waals surface area contributed by atoms with Crippen molar-refractivity contribution in [3.63, 3.8) is 0 Å². The molecule has 60 heavy (non-hydrogen) atoms. The monoisotopic (exact) mass is 816 g/mol. The highest BCUT2D eigenvalue weighted by atomic mass is 19.1. The van der Waals surface area contributed by atoms with E-state index in [4.69, 9.17) is 14.5 Å². The zero-order chi connectivity index (χ0) is 41.4. The van der Waals surface area contributed by atoms with Crippen molar-refractivity contribution in [2.24, 2.45) is 0 Å². The number of nitrogens with zero attached hydrogens (tertiary/aromatic N) is 5. The molecule has 0 spiro atoms. The van der Waals surface area contributed by atoms with Gasteiger partial charge in [0.2, 0.25) is 0 Å². The number of rotatable bonds is 14. The van der Waals surface area contributed by atoms with E-state index in [0.29, 0.717) is 48.9 Å². The molecule has 5 aromatic rings. The molecule has 3 aliphatic rings. The van der Waals surface area contributed by atoms with Crippen molar-refractivity contribution in [1.29, 1.82) is 0 Å². The summed E-state index contributed by atoms with van der Waals surface area (Å²) in [6, 6.07) is 20.6. The van der Waals surface area contributed by atoms with Gasteiger partial charge in [-0.3, -0.25) is 19.4 Å². The topological polar surface area (TPSA) is 126 Å². The van der Waals surface area contributed by atoms with Crippen molar-refractivity contribution in [2.45, 2.75) is 84.2 Å². The third kappa shape index (κ3) is 9.70. The molecule has 3 N–H and O–H groups in total. The van der Waals surface area contributed by atoms with E-state index in [1.165, 1.54) is 6.07 Å². The number of ether oxygens (including phenoxy) is 2. The SMILES string of the molecule is CCc1nc2c(cnn2CC)c(NC2CCOCC2)c1CNC(=O)c1cccc(C(=O)NCc2ccc(F)c(-c3cccc(CN4CCC(N5CCOCC5)CC4)c3)c2)c1. The molecule has 13 heteroatoms. The van der Waals surface area contributed by atoms with Crippen LogP contribution in [-0.4, -0.2) is 101 Å². The van der Waals surface area contributed by atoms with Crippen molar-refractivity contribution >= 4 is 28.5 Å². The molecule has 0 aliphatic carbocycles. The van der Waals surface area contributed by atoms with Crippen molar-refractivity contribution < 1.29 is 23.5 Å². The van der Waals surface area contributed by atoms with Gasteiger partial charge in [-0.2, -0.15) is 5.10 Å². The fourth-order valence-corrected chi connectivity index (χ4v) is 8.84. The van der Waals surface area contributed by atoms with Gasteiger partial charge in [-0.15, -0.1) is 0 Å². The van der Waals surface area contributed by atoms with Gasteiger partial charge >= 0.3 is 0 Å². The second-order valence-electron chi connectivity index (χ2n) is 16.1. The number of benzene rings is 3. The summed E-state index contributed by atoms with van der Waals surface area (Å²) in [6.45, 7) is 13.3. The van der Waals surface area contributed by atoms with Gasteiger partial charge in [-0.1, -0.05) is 37.3 Å². The van der Waals surface area contributed by atoms with Gasteiger partial charge in [0.1, 0.15) is 5.82 Å². The number of halogens is 1. The lowest BCUT2D eigenvalue weighted by molar-refractivity contribution is 0.000231. The van der Waals surface area contributed by atoms with Crippen LogP contribution in [0, 0.1) is 5.82 Å². The summed E-state index contributed by atoms with van der Waals surface area (Å²) in [5.41, 5.74) is 7.57. The number of pyridine rings is 1. The number of carbonyl (C=O) groups excluding carboxylic acids is 2. The van der Waals surface area contributed by atoms with E-state index < -0.39 is 0 Å². The first-order valence-electron chi connectivity index (χ1n) is 21.7. The second-order valence-corrected chi connectivity index (χ2v) is 16.1. The fraction of sp³-hybridized carbons (Fsp3) is 0.447. The Morgan fingerprint density at radius 2 is 1.52 bits per heavy atom. The predicted molar refractivity (Wildman–Crippen MR) is 231 cm³/mol. The van der Waals surface area contributed by atoms with Crippen LogP contribution in [0.15, 0.2) is 72.9 Å². The van der Waals surface area contributed by atoms with Crippen LogP contribution < -0.4 is 16.0 Å². The highest BCUT2D eigenvalue weighted by Gasteiger charge is 2.26. The van der Waals surface area contributed by atoms with Crippen LogP contribution in [0.3, 0.4) is 0 Å². The van der Waals surface area contributed by atoms with Gasteiger partial charge in [0.15, 0.2) is 5.65 Å². The largest absolute Gasteiger partial charge is 0.381 e. The number of anilines is 1. The number of morpholine rings is 1. The van der Waals surface area contributed by atoms with Crippen molar-refractivity contribution in [2.75, 3.05) is 57.9 Å². The molecular weight excluding hydrogens is 760 g/mol. The quantitative estimate of drug-likeness (QED) is 0.114. The van der Waals surface area contributed by atoms with Crippen LogP contribution in [0.25, 0.3) is 22.2 Å². The lowest BCUT2D eigenvalue weighted by atomic mass is 9.99. The Hall–Kier alpha value is -5.21. The first-order chi connectivity index (χ1) is 29.4. The maximum Gasteiger partial charge on any atom is 0.251 e. The van der Waals surface area contributed by atoms with E-state index in [1.807, 2.05) is 36.0 Å². The van der Waals surface area contributed by atoms with E-state index >= 15 is 4.39 Å². The third-order valence-corrected chi connectivity index (χ3v) is 12.2. The first-order valence-corrected chi connectivity index (χ1v) is 21.7. The number of amides is 2. The summed E-state index contributed by atoms with van der Waals surface area (Å²) in [6.07, 6.45) is 6.62. The van der Waals surface area contributed by atoms with Gasteiger partial charge < -0.3 is 25.4 Å². The Morgan fingerprint density at radius 1 is 0.800 bits per heavy atom. The summed E-state index contributed by atoms with van der Waals surface area (Å²) < 4.78 is 28.4. The zero-order valence-corrected chi connectivity index (χ0v) is 34.9. The Labute approximate surface area is 351 Å². The average Bonchev–Trinajstić information content (AvgIpc) is 3.72. The van der Waals surface area contributed by atoms with Gasteiger partial charge in [0.05, 0.1) is 30.5 Å². The molecule has 0 atom stereocenters. The predicted octanol–water partition coefficient (Wildman–Crippen LogP) is 6.57. The van der Waals surface area contributed by atoms with Gasteiger partial charge in [-0.25, -0.2) is 14.1 Å².